The summed E-state index contributed by atoms with van der Waals surface area (Å²) in [6, 6.07) is 6.29. The number of likely N-dealkylation sites (tertiary alicyclic amines) is 1. The zero-order valence-corrected chi connectivity index (χ0v) is 21.0. The number of aromatic nitrogens is 1. The molecule has 2 aliphatic rings. The molecule has 2 fully saturated rings. The Kier molecular flexibility index (Phi) is 10.8. The predicted molar refractivity (Wildman–Crippen MR) is 124 cm³/mol. The van der Waals surface area contributed by atoms with Crippen molar-refractivity contribution in [3.8, 4) is 0 Å². The molecular formula is C22H24F6N2O5S2. The zero-order chi connectivity index (χ0) is 27.9. The Balaban J connectivity index is 0.000000286. The van der Waals surface area contributed by atoms with E-state index in [2.05, 4.69) is 40.0 Å². The number of ether oxygens (including phenoxy) is 1. The highest BCUT2D eigenvalue weighted by molar-refractivity contribution is 8.01. The lowest BCUT2D eigenvalue weighted by Gasteiger charge is -2.47. The van der Waals surface area contributed by atoms with Gasteiger partial charge in [0, 0.05) is 47.4 Å². The summed E-state index contributed by atoms with van der Waals surface area (Å²) in [6.07, 6.45) is -4.90. The average Bonchev–Trinajstić information content (AvgIpc) is 3.39. The topological polar surface area (TPSA) is 100.0 Å². The first-order valence-electron chi connectivity index (χ1n) is 10.6. The molecule has 2 saturated heterocycles. The maximum absolute atomic E-state index is 10.6. The molecule has 1 unspecified atom stereocenters. The molecule has 0 saturated carbocycles. The highest BCUT2D eigenvalue weighted by atomic mass is 32.2. The number of halogens is 6. The molecule has 4 heterocycles. The minimum absolute atomic E-state index is 0.402. The molecular weight excluding hydrogens is 550 g/mol. The summed E-state index contributed by atoms with van der Waals surface area (Å²) in [7, 11) is 0. The smallest absolute Gasteiger partial charge is 0.475 e. The molecule has 0 aromatic carbocycles. The Hall–Kier alpha value is -2.36. The lowest BCUT2D eigenvalue weighted by atomic mass is 9.93. The van der Waals surface area contributed by atoms with Crippen molar-refractivity contribution in [2.75, 3.05) is 18.8 Å². The second-order valence-corrected chi connectivity index (χ2v) is 10.8. The van der Waals surface area contributed by atoms with E-state index in [0.717, 1.165) is 12.3 Å². The fraction of sp³-hybridized carbons (Fsp3) is 0.500. The molecule has 0 aliphatic carbocycles. The van der Waals surface area contributed by atoms with Crippen LogP contribution in [-0.4, -0.2) is 74.1 Å². The van der Waals surface area contributed by atoms with Gasteiger partial charge in [0.05, 0.1) is 12.7 Å². The van der Waals surface area contributed by atoms with Gasteiger partial charge in [0.25, 0.3) is 0 Å². The van der Waals surface area contributed by atoms with Crippen LogP contribution in [-0.2, 0) is 27.5 Å². The Morgan fingerprint density at radius 1 is 1.08 bits per heavy atom. The maximum atomic E-state index is 10.6. The molecule has 15 heteroatoms. The van der Waals surface area contributed by atoms with Crippen LogP contribution in [0, 0.1) is 6.92 Å². The van der Waals surface area contributed by atoms with E-state index in [1.165, 1.54) is 35.5 Å². The number of hydrogen-bond acceptors (Lipinski definition) is 7. The molecule has 1 atom stereocenters. The third kappa shape index (κ3) is 10.1. The highest BCUT2D eigenvalue weighted by Crippen LogP contribution is 2.46. The molecule has 2 aliphatic heterocycles. The monoisotopic (exact) mass is 574 g/mol. The summed E-state index contributed by atoms with van der Waals surface area (Å²) in [5.74, 6) is -4.38. The number of pyridine rings is 1. The first kappa shape index (κ1) is 30.9. The molecule has 2 aromatic rings. The molecule has 206 valence electrons. The maximum Gasteiger partial charge on any atom is 0.490 e. The van der Waals surface area contributed by atoms with Crippen LogP contribution in [0.3, 0.4) is 0 Å². The van der Waals surface area contributed by atoms with Crippen LogP contribution in [0.1, 0.15) is 22.4 Å². The number of carbonyl (C=O) groups is 2. The number of alkyl halides is 6. The normalized spacial score (nSPS) is 18.7. The second kappa shape index (κ2) is 12.9. The second-order valence-electron chi connectivity index (χ2n) is 8.26. The predicted octanol–water partition coefficient (Wildman–Crippen LogP) is 4.99. The fourth-order valence-corrected chi connectivity index (χ4v) is 6.03. The first-order valence-corrected chi connectivity index (χ1v) is 12.5. The molecule has 1 spiro atoms. The van der Waals surface area contributed by atoms with Gasteiger partial charge in [-0.05, 0) is 48.1 Å². The lowest BCUT2D eigenvalue weighted by molar-refractivity contribution is -0.193. The van der Waals surface area contributed by atoms with Gasteiger partial charge in [-0.25, -0.2) is 9.59 Å². The quantitative estimate of drug-likeness (QED) is 0.482. The van der Waals surface area contributed by atoms with Crippen molar-refractivity contribution in [3.05, 3.63) is 52.0 Å². The molecule has 4 rings (SSSR count). The van der Waals surface area contributed by atoms with Crippen molar-refractivity contribution in [1.29, 1.82) is 0 Å². The molecule has 2 aromatic heterocycles. The standard InChI is InChI=1S/C18H22N2OS2.2C2HF3O2/c1-14-4-7-22-17(14)9-20-12-18(13-20)8-16(11-23-18)21-10-15-2-5-19-6-3-15;2*3-2(4,5)1(6)7/h2-7,16H,8-13H2,1H3;2*(H,6,7). The number of rotatable bonds is 5. The van der Waals surface area contributed by atoms with Gasteiger partial charge >= 0.3 is 24.3 Å². The van der Waals surface area contributed by atoms with Crippen molar-refractivity contribution >= 4 is 35.0 Å². The molecule has 0 bridgehead atoms. The van der Waals surface area contributed by atoms with Crippen LogP contribution >= 0.6 is 23.1 Å². The number of carboxylic acids is 2. The third-order valence-electron chi connectivity index (χ3n) is 5.25. The van der Waals surface area contributed by atoms with Gasteiger partial charge < -0.3 is 14.9 Å². The van der Waals surface area contributed by atoms with Crippen molar-refractivity contribution in [1.82, 2.24) is 9.88 Å². The Morgan fingerprint density at radius 2 is 1.62 bits per heavy atom. The number of hydrogen-bond donors (Lipinski definition) is 2. The Morgan fingerprint density at radius 3 is 2.08 bits per heavy atom. The number of carboxylic acid groups (broad SMARTS) is 2. The zero-order valence-electron chi connectivity index (χ0n) is 19.4. The van der Waals surface area contributed by atoms with E-state index in [9.17, 15) is 26.3 Å². The van der Waals surface area contributed by atoms with Crippen molar-refractivity contribution < 1.29 is 50.9 Å². The molecule has 2 N–H and O–H groups in total. The van der Waals surface area contributed by atoms with Gasteiger partial charge in [0.2, 0.25) is 0 Å². The van der Waals surface area contributed by atoms with Crippen molar-refractivity contribution in [2.24, 2.45) is 0 Å². The fourth-order valence-electron chi connectivity index (χ4n) is 3.47. The van der Waals surface area contributed by atoms with Crippen LogP contribution in [0.4, 0.5) is 26.3 Å². The van der Waals surface area contributed by atoms with Crippen LogP contribution in [0.25, 0.3) is 0 Å². The molecule has 0 radical (unpaired) electrons. The van der Waals surface area contributed by atoms with Gasteiger partial charge in [-0.15, -0.1) is 23.1 Å². The van der Waals surface area contributed by atoms with Gasteiger partial charge in [-0.3, -0.25) is 9.88 Å². The average molecular weight is 575 g/mol. The van der Waals surface area contributed by atoms with Crippen LogP contribution < -0.4 is 0 Å². The van der Waals surface area contributed by atoms with Crippen molar-refractivity contribution in [3.63, 3.8) is 0 Å². The van der Waals surface area contributed by atoms with E-state index in [1.807, 2.05) is 35.9 Å². The third-order valence-corrected chi connectivity index (χ3v) is 7.84. The van der Waals surface area contributed by atoms with E-state index >= 15 is 0 Å². The van der Waals surface area contributed by atoms with Crippen LogP contribution in [0.15, 0.2) is 36.0 Å². The summed E-state index contributed by atoms with van der Waals surface area (Å²) in [5.41, 5.74) is 2.66. The number of aliphatic carboxylic acids is 2. The Bertz CT molecular complexity index is 1000. The van der Waals surface area contributed by atoms with E-state index < -0.39 is 24.3 Å². The van der Waals surface area contributed by atoms with E-state index in [0.29, 0.717) is 17.5 Å². The molecule has 0 amide bonds. The summed E-state index contributed by atoms with van der Waals surface area (Å²) < 4.78 is 70.0. The largest absolute Gasteiger partial charge is 0.490 e. The summed E-state index contributed by atoms with van der Waals surface area (Å²) in [5, 5.41) is 16.5. The van der Waals surface area contributed by atoms with Gasteiger partial charge in [-0.1, -0.05) is 0 Å². The number of aryl methyl sites for hydroxylation is 1. The van der Waals surface area contributed by atoms with Crippen molar-refractivity contribution in [2.45, 2.75) is 49.7 Å². The molecule has 7 nitrogen and oxygen atoms in total. The molecule has 37 heavy (non-hydrogen) atoms. The Labute approximate surface area is 216 Å². The van der Waals surface area contributed by atoms with Gasteiger partial charge in [0.1, 0.15) is 0 Å². The van der Waals surface area contributed by atoms with Gasteiger partial charge in [-0.2, -0.15) is 26.3 Å². The van der Waals surface area contributed by atoms with E-state index in [-0.39, 0.29) is 0 Å². The van der Waals surface area contributed by atoms with E-state index in [4.69, 9.17) is 24.5 Å². The summed E-state index contributed by atoms with van der Waals surface area (Å²) >= 11 is 4.01. The van der Waals surface area contributed by atoms with Gasteiger partial charge in [0.15, 0.2) is 0 Å². The van der Waals surface area contributed by atoms with Crippen LogP contribution in [0.5, 0.6) is 0 Å². The summed E-state index contributed by atoms with van der Waals surface area (Å²) in [6.45, 7) is 6.47. The minimum Gasteiger partial charge on any atom is -0.475 e. The SMILES string of the molecule is Cc1ccsc1CN1CC2(CC(OCc3ccncc3)CS2)C1.O=C(O)C(F)(F)F.O=C(O)C(F)(F)F. The first-order chi connectivity index (χ1) is 17.1. The number of thioether (sulfide) groups is 1. The van der Waals surface area contributed by atoms with Crippen LogP contribution in [0.2, 0.25) is 0 Å². The number of thiophene rings is 1. The van der Waals surface area contributed by atoms with E-state index in [1.54, 1.807) is 0 Å². The highest BCUT2D eigenvalue weighted by Gasteiger charge is 2.49. The minimum atomic E-state index is -5.08. The summed E-state index contributed by atoms with van der Waals surface area (Å²) in [4.78, 5) is 25.9. The number of nitrogens with zero attached hydrogens (tertiary/aromatic N) is 2. The lowest BCUT2D eigenvalue weighted by Crippen LogP contribution is -2.58.